The molecule has 3 rings (SSSR count). The summed E-state index contributed by atoms with van der Waals surface area (Å²) in [6.45, 7) is 1.08. The summed E-state index contributed by atoms with van der Waals surface area (Å²) in [4.78, 5) is 8.05. The van der Waals surface area contributed by atoms with E-state index in [1.807, 2.05) is 18.2 Å². The van der Waals surface area contributed by atoms with Gasteiger partial charge >= 0.3 is 0 Å². The predicted octanol–water partition coefficient (Wildman–Crippen LogP) is 2.39. The largest absolute Gasteiger partial charge is 0.494 e. The Morgan fingerprint density at radius 2 is 2.29 bits per heavy atom. The number of benzene rings is 1. The Balaban J connectivity index is 2.00. The van der Waals surface area contributed by atoms with E-state index in [2.05, 4.69) is 15.3 Å². The standard InChI is InChI=1S/C13H17N3O/c1-17-11-7-4-6-9-12(11)16-13(15-9)10-5-2-3-8-14-10/h4,6-7,10,14H,2-3,5,8H2,1H3,(H,15,16). The van der Waals surface area contributed by atoms with Crippen LogP contribution in [0.3, 0.4) is 0 Å². The van der Waals surface area contributed by atoms with Gasteiger partial charge in [0.2, 0.25) is 0 Å². The molecule has 0 amide bonds. The van der Waals surface area contributed by atoms with Gasteiger partial charge in [-0.25, -0.2) is 4.98 Å². The van der Waals surface area contributed by atoms with Crippen LogP contribution >= 0.6 is 0 Å². The molecule has 4 heteroatoms. The number of rotatable bonds is 2. The molecule has 1 aromatic carbocycles. The molecule has 1 aromatic heterocycles. The summed E-state index contributed by atoms with van der Waals surface area (Å²) >= 11 is 0. The van der Waals surface area contributed by atoms with Crippen LogP contribution in [0.5, 0.6) is 5.75 Å². The van der Waals surface area contributed by atoms with Crippen molar-refractivity contribution in [2.75, 3.05) is 13.7 Å². The number of aromatic nitrogens is 2. The topological polar surface area (TPSA) is 49.9 Å². The maximum atomic E-state index is 5.33. The minimum atomic E-state index is 0.362. The van der Waals surface area contributed by atoms with Crippen molar-refractivity contribution in [2.24, 2.45) is 0 Å². The zero-order chi connectivity index (χ0) is 11.7. The van der Waals surface area contributed by atoms with Crippen LogP contribution < -0.4 is 10.1 Å². The van der Waals surface area contributed by atoms with E-state index in [9.17, 15) is 0 Å². The summed E-state index contributed by atoms with van der Waals surface area (Å²) in [7, 11) is 1.68. The molecule has 4 nitrogen and oxygen atoms in total. The van der Waals surface area contributed by atoms with Gasteiger partial charge in [-0.05, 0) is 31.5 Å². The van der Waals surface area contributed by atoms with Crippen molar-refractivity contribution in [1.29, 1.82) is 0 Å². The molecule has 0 saturated carbocycles. The van der Waals surface area contributed by atoms with Gasteiger partial charge in [-0.1, -0.05) is 12.5 Å². The molecule has 2 heterocycles. The Labute approximate surface area is 100 Å². The van der Waals surface area contributed by atoms with E-state index >= 15 is 0 Å². The minimum Gasteiger partial charge on any atom is -0.494 e. The summed E-state index contributed by atoms with van der Waals surface area (Å²) in [6.07, 6.45) is 3.69. The molecule has 0 aliphatic carbocycles. The highest BCUT2D eigenvalue weighted by Gasteiger charge is 2.18. The molecular formula is C13H17N3O. The average molecular weight is 231 g/mol. The smallest absolute Gasteiger partial charge is 0.146 e. The molecule has 2 N–H and O–H groups in total. The summed E-state index contributed by atoms with van der Waals surface area (Å²) in [5.74, 6) is 1.87. The molecule has 17 heavy (non-hydrogen) atoms. The van der Waals surface area contributed by atoms with E-state index in [4.69, 9.17) is 4.74 Å². The number of nitrogens with zero attached hydrogens (tertiary/aromatic N) is 1. The van der Waals surface area contributed by atoms with Gasteiger partial charge < -0.3 is 15.0 Å². The zero-order valence-corrected chi connectivity index (χ0v) is 9.99. The van der Waals surface area contributed by atoms with Crippen LogP contribution in [0.4, 0.5) is 0 Å². The Bertz CT molecular complexity index is 514. The molecule has 90 valence electrons. The fraction of sp³-hybridized carbons (Fsp3) is 0.462. The third kappa shape index (κ3) is 1.89. The normalized spacial score (nSPS) is 20.6. The van der Waals surface area contributed by atoms with Crippen molar-refractivity contribution < 1.29 is 4.74 Å². The molecule has 1 unspecified atom stereocenters. The van der Waals surface area contributed by atoms with Crippen LogP contribution in [-0.2, 0) is 0 Å². The second kappa shape index (κ2) is 4.37. The van der Waals surface area contributed by atoms with E-state index in [1.54, 1.807) is 7.11 Å². The van der Waals surface area contributed by atoms with Gasteiger partial charge in [-0.2, -0.15) is 0 Å². The number of methoxy groups -OCH3 is 1. The highest BCUT2D eigenvalue weighted by molar-refractivity contribution is 5.81. The van der Waals surface area contributed by atoms with Crippen molar-refractivity contribution in [1.82, 2.24) is 15.3 Å². The van der Waals surface area contributed by atoms with E-state index in [0.717, 1.165) is 35.6 Å². The van der Waals surface area contributed by atoms with Crippen molar-refractivity contribution in [3.63, 3.8) is 0 Å². The van der Waals surface area contributed by atoms with Crippen molar-refractivity contribution in [3.05, 3.63) is 24.0 Å². The van der Waals surface area contributed by atoms with E-state index in [1.165, 1.54) is 12.8 Å². The molecule has 1 atom stereocenters. The quantitative estimate of drug-likeness (QED) is 0.834. The number of piperidine rings is 1. The first-order chi connectivity index (χ1) is 8.38. The van der Waals surface area contributed by atoms with Gasteiger partial charge in [0.1, 0.15) is 17.1 Å². The summed E-state index contributed by atoms with van der Waals surface area (Å²) < 4.78 is 5.33. The van der Waals surface area contributed by atoms with E-state index in [-0.39, 0.29) is 0 Å². The molecule has 1 aliphatic heterocycles. The number of ether oxygens (including phenoxy) is 1. The molecule has 0 bridgehead atoms. The summed E-state index contributed by atoms with van der Waals surface area (Å²) in [6, 6.07) is 6.33. The number of H-pyrrole nitrogens is 1. The first kappa shape index (κ1) is 10.6. The van der Waals surface area contributed by atoms with Crippen LogP contribution in [0.2, 0.25) is 0 Å². The van der Waals surface area contributed by atoms with E-state index in [0.29, 0.717) is 6.04 Å². The molecule has 2 aromatic rings. The third-order valence-electron chi connectivity index (χ3n) is 3.35. The van der Waals surface area contributed by atoms with Gasteiger partial charge in [-0.3, -0.25) is 0 Å². The van der Waals surface area contributed by atoms with Crippen molar-refractivity contribution in [3.8, 4) is 5.75 Å². The Morgan fingerprint density at radius 3 is 3.06 bits per heavy atom. The van der Waals surface area contributed by atoms with Crippen LogP contribution in [0, 0.1) is 0 Å². The average Bonchev–Trinajstić information content (AvgIpc) is 2.83. The molecular weight excluding hydrogens is 214 g/mol. The first-order valence-electron chi connectivity index (χ1n) is 6.14. The van der Waals surface area contributed by atoms with Crippen LogP contribution in [0.15, 0.2) is 18.2 Å². The van der Waals surface area contributed by atoms with Gasteiger partial charge in [0.15, 0.2) is 0 Å². The van der Waals surface area contributed by atoms with Gasteiger partial charge in [0.25, 0.3) is 0 Å². The van der Waals surface area contributed by atoms with Crippen LogP contribution in [0.25, 0.3) is 11.0 Å². The number of imidazole rings is 1. The lowest BCUT2D eigenvalue weighted by atomic mass is 10.0. The highest BCUT2D eigenvalue weighted by atomic mass is 16.5. The second-order valence-electron chi connectivity index (χ2n) is 4.48. The van der Waals surface area contributed by atoms with Gasteiger partial charge in [-0.15, -0.1) is 0 Å². The number of aromatic amines is 1. The Kier molecular flexibility index (Phi) is 2.73. The van der Waals surface area contributed by atoms with Crippen LogP contribution in [0.1, 0.15) is 31.1 Å². The number of para-hydroxylation sites is 1. The monoisotopic (exact) mass is 231 g/mol. The lowest BCUT2D eigenvalue weighted by Gasteiger charge is -2.21. The maximum absolute atomic E-state index is 5.33. The molecule has 0 radical (unpaired) electrons. The summed E-state index contributed by atoms with van der Waals surface area (Å²) in [5, 5.41) is 3.50. The third-order valence-corrected chi connectivity index (χ3v) is 3.35. The fourth-order valence-electron chi connectivity index (χ4n) is 2.44. The Hall–Kier alpha value is -1.55. The second-order valence-corrected chi connectivity index (χ2v) is 4.48. The summed E-state index contributed by atoms with van der Waals surface area (Å²) in [5.41, 5.74) is 1.98. The van der Waals surface area contributed by atoms with Gasteiger partial charge in [0.05, 0.1) is 18.7 Å². The SMILES string of the molecule is COc1cccc2[nH]c(C3CCCCN3)nc12. The molecule has 1 aliphatic rings. The predicted molar refractivity (Wildman–Crippen MR) is 67.2 cm³/mol. The molecule has 0 spiro atoms. The van der Waals surface area contributed by atoms with Crippen molar-refractivity contribution in [2.45, 2.75) is 25.3 Å². The lowest BCUT2D eigenvalue weighted by Crippen LogP contribution is -2.27. The Morgan fingerprint density at radius 1 is 1.35 bits per heavy atom. The molecule has 1 fully saturated rings. The van der Waals surface area contributed by atoms with Crippen LogP contribution in [-0.4, -0.2) is 23.6 Å². The molecule has 1 saturated heterocycles. The minimum absolute atomic E-state index is 0.362. The van der Waals surface area contributed by atoms with Gasteiger partial charge in [0, 0.05) is 0 Å². The van der Waals surface area contributed by atoms with E-state index < -0.39 is 0 Å². The van der Waals surface area contributed by atoms with Crippen molar-refractivity contribution >= 4 is 11.0 Å². The number of fused-ring (bicyclic) bond motifs is 1. The number of hydrogen-bond acceptors (Lipinski definition) is 3. The first-order valence-corrected chi connectivity index (χ1v) is 6.14. The number of hydrogen-bond donors (Lipinski definition) is 2. The highest BCUT2D eigenvalue weighted by Crippen LogP contribution is 2.27. The number of nitrogens with one attached hydrogen (secondary N) is 2. The lowest BCUT2D eigenvalue weighted by molar-refractivity contribution is 0.399. The fourth-order valence-corrected chi connectivity index (χ4v) is 2.44. The zero-order valence-electron chi connectivity index (χ0n) is 9.99. The maximum Gasteiger partial charge on any atom is 0.146 e.